The van der Waals surface area contributed by atoms with Crippen molar-refractivity contribution in [3.8, 4) is 5.75 Å². The number of imidazole rings is 1. The fourth-order valence-corrected chi connectivity index (χ4v) is 5.33. The van der Waals surface area contributed by atoms with Gasteiger partial charge in [0.05, 0.1) is 19.5 Å². The van der Waals surface area contributed by atoms with E-state index in [0.717, 1.165) is 12.8 Å². The molecule has 15 nitrogen and oxygen atoms in total. The van der Waals surface area contributed by atoms with Crippen LogP contribution in [0.2, 0.25) is 0 Å². The molecular weight excluding hydrogens is 545 g/mol. The zero-order valence-corrected chi connectivity index (χ0v) is 23.0. The molecule has 216 valence electrons. The Hall–Kier alpha value is -3.33. The number of hydrogen-bond acceptors (Lipinski definition) is 13. The number of fused-ring (bicyclic) bond motifs is 1. The maximum atomic E-state index is 13.7. The highest BCUT2D eigenvalue weighted by Crippen LogP contribution is 2.45. The fourth-order valence-electron chi connectivity index (χ4n) is 3.85. The summed E-state index contributed by atoms with van der Waals surface area (Å²) in [5, 5.41) is 5.94. The summed E-state index contributed by atoms with van der Waals surface area (Å²) in [6.45, 7) is 1.65. The average Bonchev–Trinajstić information content (AvgIpc) is 3.45. The molecule has 0 spiro atoms. The van der Waals surface area contributed by atoms with Crippen molar-refractivity contribution in [3.05, 3.63) is 36.7 Å². The van der Waals surface area contributed by atoms with Crippen LogP contribution >= 0.6 is 7.75 Å². The Morgan fingerprint density at radius 2 is 2.05 bits per heavy atom. The number of aromatic nitrogens is 4. The SMILES string of the molecule is COCCOC(=O)[C@H](C)NP(=O)(OC[C@@H]1OC[C@H](n2cnc3c(NC4CC4)nc(N)nc32)O1)Oc1ccccc1. The number of nitrogens with one attached hydrogen (secondary N) is 2. The maximum Gasteiger partial charge on any atom is 0.459 e. The summed E-state index contributed by atoms with van der Waals surface area (Å²) in [5.74, 6) is 0.315. The lowest BCUT2D eigenvalue weighted by molar-refractivity contribution is -0.146. The number of ether oxygens (including phenoxy) is 4. The highest BCUT2D eigenvalue weighted by molar-refractivity contribution is 7.52. The zero-order valence-electron chi connectivity index (χ0n) is 22.1. The second kappa shape index (κ2) is 12.5. The number of anilines is 2. The monoisotopic (exact) mass is 577 g/mol. The summed E-state index contributed by atoms with van der Waals surface area (Å²) in [7, 11) is -2.60. The van der Waals surface area contributed by atoms with Crippen LogP contribution in [0.5, 0.6) is 5.75 Å². The van der Waals surface area contributed by atoms with Crippen LogP contribution in [0.25, 0.3) is 11.2 Å². The van der Waals surface area contributed by atoms with Gasteiger partial charge < -0.3 is 34.5 Å². The summed E-state index contributed by atoms with van der Waals surface area (Å²) in [5.41, 5.74) is 7.00. The van der Waals surface area contributed by atoms with Gasteiger partial charge in [-0.15, -0.1) is 0 Å². The third-order valence-electron chi connectivity index (χ3n) is 5.99. The summed E-state index contributed by atoms with van der Waals surface area (Å²) in [6.07, 6.45) is 2.21. The summed E-state index contributed by atoms with van der Waals surface area (Å²) < 4.78 is 48.4. The fraction of sp³-hybridized carbons (Fsp3) is 0.500. The molecule has 1 saturated heterocycles. The van der Waals surface area contributed by atoms with Gasteiger partial charge in [-0.3, -0.25) is 13.9 Å². The molecule has 0 bridgehead atoms. The molecule has 0 radical (unpaired) electrons. The normalized spacial score (nSPS) is 21.1. The Kier molecular flexibility index (Phi) is 8.78. The summed E-state index contributed by atoms with van der Waals surface area (Å²) in [4.78, 5) is 25.4. The van der Waals surface area contributed by atoms with Gasteiger partial charge in [0.1, 0.15) is 25.0 Å². The molecule has 4 N–H and O–H groups in total. The van der Waals surface area contributed by atoms with Crippen LogP contribution in [0.3, 0.4) is 0 Å². The Morgan fingerprint density at radius 1 is 1.25 bits per heavy atom. The Bertz CT molecular complexity index is 1360. The van der Waals surface area contributed by atoms with E-state index in [1.807, 2.05) is 0 Å². The van der Waals surface area contributed by atoms with Gasteiger partial charge in [0, 0.05) is 13.2 Å². The van der Waals surface area contributed by atoms with Crippen molar-refractivity contribution in [2.75, 3.05) is 44.6 Å². The minimum Gasteiger partial charge on any atom is -0.462 e. The molecule has 2 aliphatic rings. The number of nitrogen functional groups attached to an aromatic ring is 1. The number of hydrogen-bond donors (Lipinski definition) is 3. The van der Waals surface area contributed by atoms with Gasteiger partial charge in [-0.1, -0.05) is 18.2 Å². The highest BCUT2D eigenvalue weighted by atomic mass is 31.2. The zero-order chi connectivity index (χ0) is 28.1. The van der Waals surface area contributed by atoms with Gasteiger partial charge in [-0.05, 0) is 31.9 Å². The van der Waals surface area contributed by atoms with Crippen LogP contribution in [0.15, 0.2) is 36.7 Å². The Morgan fingerprint density at radius 3 is 2.80 bits per heavy atom. The quantitative estimate of drug-likeness (QED) is 0.144. The lowest BCUT2D eigenvalue weighted by Gasteiger charge is -2.23. The van der Waals surface area contributed by atoms with E-state index in [0.29, 0.717) is 23.0 Å². The maximum absolute atomic E-state index is 13.7. The topological polar surface area (TPSA) is 183 Å². The second-order valence-corrected chi connectivity index (χ2v) is 10.9. The number of rotatable bonds is 14. The molecule has 1 aliphatic heterocycles. The van der Waals surface area contributed by atoms with E-state index in [1.54, 1.807) is 41.2 Å². The van der Waals surface area contributed by atoms with E-state index in [4.69, 9.17) is 33.7 Å². The van der Waals surface area contributed by atoms with Gasteiger partial charge in [-0.25, -0.2) is 9.55 Å². The molecule has 5 rings (SSSR count). The first-order chi connectivity index (χ1) is 19.3. The van der Waals surface area contributed by atoms with Gasteiger partial charge >= 0.3 is 13.7 Å². The number of nitrogens with two attached hydrogens (primary N) is 1. The summed E-state index contributed by atoms with van der Waals surface area (Å²) in [6, 6.07) is 7.79. The minimum atomic E-state index is -4.09. The third kappa shape index (κ3) is 7.05. The molecule has 40 heavy (non-hydrogen) atoms. The van der Waals surface area contributed by atoms with E-state index in [2.05, 4.69) is 25.4 Å². The number of para-hydroxylation sites is 1. The van der Waals surface area contributed by atoms with Crippen molar-refractivity contribution in [3.63, 3.8) is 0 Å². The van der Waals surface area contributed by atoms with Crippen LogP contribution in [-0.2, 0) is 32.8 Å². The number of carbonyl (C=O) groups is 1. The van der Waals surface area contributed by atoms with Crippen LogP contribution in [-0.4, -0.2) is 77.4 Å². The third-order valence-corrected chi connectivity index (χ3v) is 7.63. The molecule has 4 atom stereocenters. The number of nitrogens with zero attached hydrogens (tertiary/aromatic N) is 4. The van der Waals surface area contributed by atoms with Crippen molar-refractivity contribution in [1.29, 1.82) is 0 Å². The van der Waals surface area contributed by atoms with Crippen molar-refractivity contribution in [2.45, 2.75) is 44.4 Å². The Balaban J connectivity index is 1.24. The van der Waals surface area contributed by atoms with Crippen molar-refractivity contribution >= 4 is 36.6 Å². The van der Waals surface area contributed by atoms with Crippen molar-refractivity contribution < 1.29 is 37.4 Å². The smallest absolute Gasteiger partial charge is 0.459 e. The van der Waals surface area contributed by atoms with Crippen LogP contribution in [0.1, 0.15) is 26.0 Å². The molecule has 2 aromatic heterocycles. The molecule has 3 heterocycles. The standard InChI is InChI=1S/C24H32N7O8P/c1-15(23(32)35-11-10-34-2)30-40(33,39-17-6-4-3-5-7-17)37-13-19-36-12-18(38-19)31-14-26-20-21(27-16-8-9-16)28-24(25)29-22(20)31/h3-7,14-16,18-19H,8-13H2,1-2H3,(H,30,33)(H3,25,27,28,29)/t15-,18+,19+,40?/m0/s1. The number of carbonyl (C=O) groups excluding carboxylic acids is 1. The van der Waals surface area contributed by atoms with E-state index in [9.17, 15) is 9.36 Å². The molecule has 1 unspecified atom stereocenters. The van der Waals surface area contributed by atoms with Crippen molar-refractivity contribution in [1.82, 2.24) is 24.6 Å². The lowest BCUT2D eigenvalue weighted by Crippen LogP contribution is -2.36. The van der Waals surface area contributed by atoms with Crippen molar-refractivity contribution in [2.24, 2.45) is 0 Å². The molecule has 1 aliphatic carbocycles. The predicted molar refractivity (Wildman–Crippen MR) is 142 cm³/mol. The number of benzene rings is 1. The first-order valence-electron chi connectivity index (χ1n) is 12.8. The number of esters is 1. The lowest BCUT2D eigenvalue weighted by atomic mass is 10.3. The van der Waals surface area contributed by atoms with Gasteiger partial charge in [0.15, 0.2) is 29.5 Å². The van der Waals surface area contributed by atoms with Crippen LogP contribution < -0.4 is 20.7 Å². The Labute approximate surface area is 230 Å². The largest absolute Gasteiger partial charge is 0.462 e. The second-order valence-electron chi connectivity index (χ2n) is 9.24. The minimum absolute atomic E-state index is 0.0504. The molecule has 16 heteroatoms. The van der Waals surface area contributed by atoms with Crippen LogP contribution in [0.4, 0.5) is 11.8 Å². The van der Waals surface area contributed by atoms with Crippen LogP contribution in [0, 0.1) is 0 Å². The van der Waals surface area contributed by atoms with Gasteiger partial charge in [0.2, 0.25) is 5.95 Å². The average molecular weight is 578 g/mol. The first-order valence-corrected chi connectivity index (χ1v) is 14.3. The molecule has 3 aromatic rings. The molecule has 2 fully saturated rings. The van der Waals surface area contributed by atoms with E-state index < -0.39 is 32.3 Å². The molecule has 1 saturated carbocycles. The van der Waals surface area contributed by atoms with Gasteiger partial charge in [-0.2, -0.15) is 15.1 Å². The predicted octanol–water partition coefficient (Wildman–Crippen LogP) is 2.23. The van der Waals surface area contributed by atoms with E-state index >= 15 is 0 Å². The first kappa shape index (κ1) is 28.2. The molecule has 1 aromatic carbocycles. The van der Waals surface area contributed by atoms with E-state index in [-0.39, 0.29) is 38.1 Å². The molecular formula is C24H32N7O8P. The van der Waals surface area contributed by atoms with E-state index in [1.165, 1.54) is 14.0 Å². The number of methoxy groups -OCH3 is 1. The highest BCUT2D eigenvalue weighted by Gasteiger charge is 2.36. The molecule has 0 amide bonds. The summed E-state index contributed by atoms with van der Waals surface area (Å²) >= 11 is 0. The van der Waals surface area contributed by atoms with Gasteiger partial charge in [0.25, 0.3) is 0 Å².